The van der Waals surface area contributed by atoms with Gasteiger partial charge >= 0.3 is 0 Å². The molecule has 0 aliphatic rings. The number of hydrogen-bond donors (Lipinski definition) is 0. The molecule has 0 spiro atoms. The summed E-state index contributed by atoms with van der Waals surface area (Å²) in [5, 5.41) is 0. The summed E-state index contributed by atoms with van der Waals surface area (Å²) in [4.78, 5) is 2.66. The molecule has 0 saturated heterocycles. The van der Waals surface area contributed by atoms with Crippen LogP contribution in [0.2, 0.25) is 0 Å². The van der Waals surface area contributed by atoms with Crippen LogP contribution in [0.3, 0.4) is 0 Å². The number of halogens is 5. The Morgan fingerprint density at radius 3 is 1.64 bits per heavy atom. The molecule has 0 fully saturated rings. The number of aromatic nitrogens is 1. The second kappa shape index (κ2) is 5.98. The van der Waals surface area contributed by atoms with E-state index >= 15 is 0 Å². The molecule has 1 rings (SSSR count). The van der Waals surface area contributed by atoms with Crippen molar-refractivity contribution < 1.29 is 13.2 Å². The Hall–Kier alpha value is 0.400. The molecule has 62 valence electrons. The van der Waals surface area contributed by atoms with Crippen LogP contribution in [0.15, 0.2) is 12.1 Å². The molecule has 1 aromatic heterocycles. The third-order valence-electron chi connectivity index (χ3n) is 0.728. The van der Waals surface area contributed by atoms with Crippen molar-refractivity contribution >= 4 is 37.2 Å². The molecular formula is C5H2F3I2N. The SMILES string of the molecule is Fc1cc(F)nc(F)c1.II. The first-order valence-corrected chi connectivity index (χ1v) is 8.60. The van der Waals surface area contributed by atoms with Crippen LogP contribution in [0.1, 0.15) is 0 Å². The van der Waals surface area contributed by atoms with Gasteiger partial charge < -0.3 is 0 Å². The summed E-state index contributed by atoms with van der Waals surface area (Å²) in [6, 6.07) is 1.01. The van der Waals surface area contributed by atoms with Gasteiger partial charge in [-0.25, -0.2) is 4.39 Å². The van der Waals surface area contributed by atoms with Gasteiger partial charge in [-0.1, -0.05) is 0 Å². The normalized spacial score (nSPS) is 8.45. The molecule has 0 atom stereocenters. The summed E-state index contributed by atoms with van der Waals surface area (Å²) in [7, 11) is 0. The average molecular weight is 387 g/mol. The van der Waals surface area contributed by atoms with Crippen molar-refractivity contribution in [1.82, 2.24) is 4.98 Å². The Bertz CT molecular complexity index is 180. The summed E-state index contributed by atoms with van der Waals surface area (Å²) in [6.45, 7) is 0. The number of pyridine rings is 1. The Morgan fingerprint density at radius 2 is 1.36 bits per heavy atom. The molecule has 11 heavy (non-hydrogen) atoms. The predicted octanol–water partition coefficient (Wildman–Crippen LogP) is 3.27. The van der Waals surface area contributed by atoms with E-state index in [1.165, 1.54) is 0 Å². The molecule has 0 aromatic carbocycles. The number of rotatable bonds is 0. The lowest BCUT2D eigenvalue weighted by molar-refractivity contribution is 0.487. The Kier molecular flexibility index (Phi) is 6.19. The maximum Gasteiger partial charge on any atom is 0.218 e. The topological polar surface area (TPSA) is 12.9 Å². The molecule has 0 aliphatic heterocycles. The third kappa shape index (κ3) is 4.77. The van der Waals surface area contributed by atoms with E-state index in [2.05, 4.69) is 42.2 Å². The van der Waals surface area contributed by atoms with Crippen molar-refractivity contribution in [3.8, 4) is 0 Å². The Labute approximate surface area is 84.7 Å². The van der Waals surface area contributed by atoms with E-state index in [0.717, 1.165) is 0 Å². The number of nitrogens with zero attached hydrogens (tertiary/aromatic N) is 1. The fourth-order valence-corrected chi connectivity index (χ4v) is 0.436. The highest BCUT2D eigenvalue weighted by Crippen LogP contribution is 2.00. The van der Waals surface area contributed by atoms with E-state index < -0.39 is 17.7 Å². The number of hydrogen-bond acceptors (Lipinski definition) is 1. The molecule has 0 radical (unpaired) electrons. The van der Waals surface area contributed by atoms with Gasteiger partial charge in [0.2, 0.25) is 11.9 Å². The van der Waals surface area contributed by atoms with Gasteiger partial charge in [0.1, 0.15) is 5.82 Å². The lowest BCUT2D eigenvalue weighted by Crippen LogP contribution is -1.88. The molecule has 0 N–H and O–H groups in total. The predicted molar refractivity (Wildman–Crippen MR) is 52.2 cm³/mol. The quantitative estimate of drug-likeness (QED) is 0.492. The highest BCUT2D eigenvalue weighted by Gasteiger charge is 1.98. The standard InChI is InChI=1S/C5H2F3N.I2/c6-3-1-4(7)9-5(8)2-3;1-2/h1-2H;. The Balaban J connectivity index is 0.000000461. The van der Waals surface area contributed by atoms with Gasteiger partial charge in [-0.3, -0.25) is 0 Å². The van der Waals surface area contributed by atoms with Gasteiger partial charge in [0.25, 0.3) is 0 Å². The zero-order valence-electron chi connectivity index (χ0n) is 4.99. The largest absolute Gasteiger partial charge is 0.218 e. The van der Waals surface area contributed by atoms with Crippen LogP contribution >= 0.6 is 37.2 Å². The van der Waals surface area contributed by atoms with E-state index in [0.29, 0.717) is 12.1 Å². The van der Waals surface area contributed by atoms with E-state index in [1.54, 1.807) is 0 Å². The van der Waals surface area contributed by atoms with Gasteiger partial charge in [-0.05, 0) is 0 Å². The van der Waals surface area contributed by atoms with Crippen LogP contribution in [0, 0.1) is 17.7 Å². The second-order valence-electron chi connectivity index (χ2n) is 1.43. The molecule has 1 nitrogen and oxygen atoms in total. The van der Waals surface area contributed by atoms with Crippen molar-refractivity contribution in [3.05, 3.63) is 29.8 Å². The summed E-state index contributed by atoms with van der Waals surface area (Å²) in [6.07, 6.45) is 0. The van der Waals surface area contributed by atoms with Gasteiger partial charge in [-0.15, -0.1) is 0 Å². The van der Waals surface area contributed by atoms with E-state index in [9.17, 15) is 13.2 Å². The Morgan fingerprint density at radius 1 is 1.00 bits per heavy atom. The minimum absolute atomic E-state index is 0.503. The summed E-state index contributed by atoms with van der Waals surface area (Å²) < 4.78 is 35.6. The molecule has 0 bridgehead atoms. The minimum atomic E-state index is -1.15. The molecule has 1 heterocycles. The first-order valence-electron chi connectivity index (χ1n) is 2.31. The molecule has 0 saturated carbocycles. The van der Waals surface area contributed by atoms with Crippen molar-refractivity contribution in [2.75, 3.05) is 0 Å². The van der Waals surface area contributed by atoms with Gasteiger partial charge in [0.15, 0.2) is 0 Å². The van der Waals surface area contributed by atoms with E-state index in [4.69, 9.17) is 0 Å². The summed E-state index contributed by atoms with van der Waals surface area (Å²) in [5.74, 6) is -3.25. The van der Waals surface area contributed by atoms with Crippen LogP contribution in [-0.4, -0.2) is 4.98 Å². The van der Waals surface area contributed by atoms with Gasteiger partial charge in [0.05, 0.1) is 0 Å². The summed E-state index contributed by atoms with van der Waals surface area (Å²) >= 11 is 4.24. The monoisotopic (exact) mass is 387 g/mol. The van der Waals surface area contributed by atoms with Crippen molar-refractivity contribution in [1.29, 1.82) is 0 Å². The smallest absolute Gasteiger partial charge is 0.207 e. The lowest BCUT2D eigenvalue weighted by atomic mass is 10.5. The second-order valence-corrected chi connectivity index (χ2v) is 1.43. The molecule has 0 amide bonds. The van der Waals surface area contributed by atoms with Crippen molar-refractivity contribution in [2.45, 2.75) is 0 Å². The van der Waals surface area contributed by atoms with E-state index in [1.807, 2.05) is 0 Å². The highest BCUT2D eigenvalue weighted by molar-refractivity contribution is 15.0. The van der Waals surface area contributed by atoms with Crippen molar-refractivity contribution in [3.63, 3.8) is 0 Å². The van der Waals surface area contributed by atoms with Crippen LogP contribution in [0.5, 0.6) is 0 Å². The minimum Gasteiger partial charge on any atom is -0.207 e. The maximum atomic E-state index is 11.9. The zero-order valence-corrected chi connectivity index (χ0v) is 9.31. The van der Waals surface area contributed by atoms with Gasteiger partial charge in [-0.2, -0.15) is 13.8 Å². The van der Waals surface area contributed by atoms with Crippen LogP contribution in [0.25, 0.3) is 0 Å². The first kappa shape index (κ1) is 11.4. The third-order valence-corrected chi connectivity index (χ3v) is 0.728. The maximum absolute atomic E-state index is 11.9. The van der Waals surface area contributed by atoms with Gasteiger partial charge in [0, 0.05) is 49.4 Å². The molecular weight excluding hydrogens is 385 g/mol. The van der Waals surface area contributed by atoms with Crippen LogP contribution in [0.4, 0.5) is 13.2 Å². The molecule has 0 aliphatic carbocycles. The average Bonchev–Trinajstić information content (AvgIpc) is 1.88. The molecule has 1 aromatic rings. The van der Waals surface area contributed by atoms with Crippen molar-refractivity contribution in [2.24, 2.45) is 0 Å². The fourth-order valence-electron chi connectivity index (χ4n) is 0.436. The van der Waals surface area contributed by atoms with Crippen LogP contribution < -0.4 is 0 Å². The first-order chi connectivity index (χ1) is 5.18. The lowest BCUT2D eigenvalue weighted by Gasteiger charge is -1.87. The summed E-state index contributed by atoms with van der Waals surface area (Å²) in [5.41, 5.74) is 0. The molecule has 6 heteroatoms. The fraction of sp³-hybridized carbons (Fsp3) is 0. The van der Waals surface area contributed by atoms with E-state index in [-0.39, 0.29) is 0 Å². The highest BCUT2D eigenvalue weighted by atomic mass is 128. The van der Waals surface area contributed by atoms with Crippen LogP contribution in [-0.2, 0) is 0 Å². The molecule has 0 unspecified atom stereocenters. The zero-order chi connectivity index (χ0) is 8.85.